The number of carbonyl (C=O) groups is 1. The molecule has 1 aliphatic heterocycles. The molecule has 0 aromatic carbocycles. The van der Waals surface area contributed by atoms with Crippen LogP contribution in [0.2, 0.25) is 0 Å². The van der Waals surface area contributed by atoms with Crippen molar-refractivity contribution in [3.8, 4) is 0 Å². The summed E-state index contributed by atoms with van der Waals surface area (Å²) < 4.78 is 4.73. The topological polar surface area (TPSA) is 58.6 Å². The summed E-state index contributed by atoms with van der Waals surface area (Å²) in [5.41, 5.74) is 0. The van der Waals surface area contributed by atoms with Gasteiger partial charge in [0.15, 0.2) is 12.3 Å². The lowest BCUT2D eigenvalue weighted by Gasteiger charge is -2.14. The Balaban J connectivity index is 2.54. The van der Waals surface area contributed by atoms with Crippen LogP contribution in [0.1, 0.15) is 13.8 Å². The van der Waals surface area contributed by atoms with Gasteiger partial charge in [0, 0.05) is 0 Å². The van der Waals surface area contributed by atoms with Gasteiger partial charge in [0.25, 0.3) is 0 Å². The predicted molar refractivity (Wildman–Crippen MR) is 34.2 cm³/mol. The average Bonchev–Trinajstić information content (AvgIpc) is 2.10. The first kappa shape index (κ1) is 7.34. The highest BCUT2D eigenvalue weighted by Gasteiger charge is 2.34. The van der Waals surface area contributed by atoms with Crippen molar-refractivity contribution in [1.29, 1.82) is 0 Å². The minimum Gasteiger partial charge on any atom is -0.441 e. The van der Waals surface area contributed by atoms with E-state index in [-0.39, 0.29) is 5.92 Å². The van der Waals surface area contributed by atoms with Crippen LogP contribution in [-0.2, 0) is 4.74 Å². The summed E-state index contributed by atoms with van der Waals surface area (Å²) >= 11 is 0. The molecule has 1 saturated heterocycles. The molecule has 2 N–H and O–H groups in total. The Morgan fingerprint density at radius 1 is 1.70 bits per heavy atom. The summed E-state index contributed by atoms with van der Waals surface area (Å²) in [6, 6.07) is 0. The maximum atomic E-state index is 10.5. The number of hydrogen-bond acceptors (Lipinski definition) is 3. The van der Waals surface area contributed by atoms with Crippen LogP contribution in [0.5, 0.6) is 0 Å². The number of hydrogen-bond donors (Lipinski definition) is 2. The zero-order valence-corrected chi connectivity index (χ0v) is 6.00. The van der Waals surface area contributed by atoms with Gasteiger partial charge in [-0.05, 0) is 5.92 Å². The van der Waals surface area contributed by atoms with E-state index < -0.39 is 18.4 Å². The largest absolute Gasteiger partial charge is 0.441 e. The van der Waals surface area contributed by atoms with E-state index in [4.69, 9.17) is 9.84 Å². The Hall–Kier alpha value is -0.770. The fraction of sp³-hybridized carbons (Fsp3) is 0.833. The van der Waals surface area contributed by atoms with Gasteiger partial charge in [0.05, 0.1) is 0 Å². The average molecular weight is 145 g/mol. The molecule has 1 heterocycles. The number of ether oxygens (including phenoxy) is 1. The summed E-state index contributed by atoms with van der Waals surface area (Å²) in [7, 11) is 0. The fourth-order valence-electron chi connectivity index (χ4n) is 0.926. The van der Waals surface area contributed by atoms with Crippen LogP contribution in [0.3, 0.4) is 0 Å². The highest BCUT2D eigenvalue weighted by molar-refractivity contribution is 5.69. The van der Waals surface area contributed by atoms with Crippen molar-refractivity contribution in [1.82, 2.24) is 5.32 Å². The molecule has 0 aliphatic carbocycles. The fourth-order valence-corrected chi connectivity index (χ4v) is 0.926. The zero-order valence-electron chi connectivity index (χ0n) is 6.00. The molecule has 0 spiro atoms. The second kappa shape index (κ2) is 2.46. The first-order valence-electron chi connectivity index (χ1n) is 3.26. The number of aliphatic hydroxyl groups excluding tert-OH is 1. The Labute approximate surface area is 59.2 Å². The zero-order chi connectivity index (χ0) is 7.72. The van der Waals surface area contributed by atoms with Crippen LogP contribution >= 0.6 is 0 Å². The van der Waals surface area contributed by atoms with E-state index in [1.54, 1.807) is 0 Å². The number of nitrogens with one attached hydrogen (secondary N) is 1. The van der Waals surface area contributed by atoms with Gasteiger partial charge in [-0.2, -0.15) is 0 Å². The van der Waals surface area contributed by atoms with E-state index in [1.165, 1.54) is 0 Å². The van der Waals surface area contributed by atoms with E-state index in [2.05, 4.69) is 5.32 Å². The van der Waals surface area contributed by atoms with E-state index in [9.17, 15) is 4.79 Å². The summed E-state index contributed by atoms with van der Waals surface area (Å²) in [6.07, 6.45) is -1.77. The van der Waals surface area contributed by atoms with Gasteiger partial charge in [-0.1, -0.05) is 13.8 Å². The lowest BCUT2D eigenvalue weighted by Crippen LogP contribution is -2.33. The van der Waals surface area contributed by atoms with Crippen molar-refractivity contribution in [3.05, 3.63) is 0 Å². The van der Waals surface area contributed by atoms with Gasteiger partial charge in [-0.25, -0.2) is 4.79 Å². The lowest BCUT2D eigenvalue weighted by molar-refractivity contribution is 0.0283. The normalized spacial score (nSPS) is 32.2. The molecule has 10 heavy (non-hydrogen) atoms. The van der Waals surface area contributed by atoms with E-state index >= 15 is 0 Å². The van der Waals surface area contributed by atoms with Gasteiger partial charge in [-0.3, -0.25) is 5.32 Å². The second-order valence-corrected chi connectivity index (χ2v) is 2.70. The molecular formula is C6H11NO3. The SMILES string of the molecule is CC(C)C1OC(=O)NC1O. The van der Waals surface area contributed by atoms with Crippen molar-refractivity contribution in [2.45, 2.75) is 26.2 Å². The molecule has 58 valence electrons. The maximum absolute atomic E-state index is 10.5. The molecule has 0 aromatic heterocycles. The van der Waals surface area contributed by atoms with Crippen molar-refractivity contribution in [2.24, 2.45) is 5.92 Å². The van der Waals surface area contributed by atoms with Crippen molar-refractivity contribution < 1.29 is 14.6 Å². The van der Waals surface area contributed by atoms with Gasteiger partial charge < -0.3 is 9.84 Å². The van der Waals surface area contributed by atoms with E-state index in [0.29, 0.717) is 0 Å². The van der Waals surface area contributed by atoms with E-state index in [1.807, 2.05) is 13.8 Å². The van der Waals surface area contributed by atoms with Crippen LogP contribution in [0.15, 0.2) is 0 Å². The van der Waals surface area contributed by atoms with Gasteiger partial charge in [0.2, 0.25) is 0 Å². The highest BCUT2D eigenvalue weighted by atomic mass is 16.6. The number of aliphatic hydroxyl groups is 1. The molecule has 0 aromatic rings. The number of rotatable bonds is 1. The molecule has 1 fully saturated rings. The smallest absolute Gasteiger partial charge is 0.409 e. The third-order valence-electron chi connectivity index (χ3n) is 1.48. The number of cyclic esters (lactones) is 1. The van der Waals surface area contributed by atoms with Crippen LogP contribution in [0.25, 0.3) is 0 Å². The summed E-state index contributed by atoms with van der Waals surface area (Å²) in [5, 5.41) is 11.3. The van der Waals surface area contributed by atoms with Gasteiger partial charge >= 0.3 is 6.09 Å². The third-order valence-corrected chi connectivity index (χ3v) is 1.48. The summed E-state index contributed by atoms with van der Waals surface area (Å²) in [4.78, 5) is 10.5. The Morgan fingerprint density at radius 2 is 2.30 bits per heavy atom. The molecule has 4 heteroatoms. The maximum Gasteiger partial charge on any atom is 0.409 e. The standard InChI is InChI=1S/C6H11NO3/c1-3(2)4-5(8)7-6(9)10-4/h3-5,8H,1-2H3,(H,7,9). The van der Waals surface area contributed by atoms with Crippen molar-refractivity contribution >= 4 is 6.09 Å². The molecule has 1 rings (SSSR count). The van der Waals surface area contributed by atoms with Crippen LogP contribution in [-0.4, -0.2) is 23.5 Å². The number of amides is 1. The number of carbonyl (C=O) groups excluding carboxylic acids is 1. The van der Waals surface area contributed by atoms with Crippen LogP contribution in [0.4, 0.5) is 4.79 Å². The quantitative estimate of drug-likeness (QED) is 0.549. The Bertz CT molecular complexity index is 146. The van der Waals surface area contributed by atoms with Crippen LogP contribution in [0, 0.1) is 5.92 Å². The molecule has 2 unspecified atom stereocenters. The van der Waals surface area contributed by atoms with Crippen molar-refractivity contribution in [2.75, 3.05) is 0 Å². The number of alkyl carbamates (subject to hydrolysis) is 1. The molecule has 4 nitrogen and oxygen atoms in total. The summed E-state index contributed by atoms with van der Waals surface area (Å²) in [5.74, 6) is 0.147. The first-order chi connectivity index (χ1) is 4.61. The van der Waals surface area contributed by atoms with Gasteiger partial charge in [0.1, 0.15) is 0 Å². The second-order valence-electron chi connectivity index (χ2n) is 2.70. The lowest BCUT2D eigenvalue weighted by atomic mass is 10.1. The monoisotopic (exact) mass is 145 g/mol. The molecule has 0 radical (unpaired) electrons. The minimum absolute atomic E-state index is 0.147. The first-order valence-corrected chi connectivity index (χ1v) is 3.26. The van der Waals surface area contributed by atoms with Crippen molar-refractivity contribution in [3.63, 3.8) is 0 Å². The molecule has 1 aliphatic rings. The van der Waals surface area contributed by atoms with E-state index in [0.717, 1.165) is 0 Å². The third kappa shape index (κ3) is 1.21. The molecule has 2 atom stereocenters. The Kier molecular flexibility index (Phi) is 1.80. The van der Waals surface area contributed by atoms with Gasteiger partial charge in [-0.15, -0.1) is 0 Å². The molecule has 0 saturated carbocycles. The summed E-state index contributed by atoms with van der Waals surface area (Å²) in [6.45, 7) is 3.77. The van der Waals surface area contributed by atoms with Crippen LogP contribution < -0.4 is 5.32 Å². The molecule has 1 amide bonds. The molecule has 0 bridgehead atoms. The minimum atomic E-state index is -0.840. The molecular weight excluding hydrogens is 134 g/mol. The predicted octanol–water partition coefficient (Wildman–Crippen LogP) is 0.0692. The Morgan fingerprint density at radius 3 is 2.50 bits per heavy atom. The highest BCUT2D eigenvalue weighted by Crippen LogP contribution is 2.14.